The highest BCUT2D eigenvalue weighted by molar-refractivity contribution is 4.83. The zero-order valence-electron chi connectivity index (χ0n) is 10.8. The van der Waals surface area contributed by atoms with Gasteiger partial charge in [0.05, 0.1) is 26.4 Å². The molecule has 3 unspecified atom stereocenters. The van der Waals surface area contributed by atoms with E-state index in [0.29, 0.717) is 12.2 Å². The molecule has 0 aromatic rings. The first-order chi connectivity index (χ1) is 9.18. The van der Waals surface area contributed by atoms with Gasteiger partial charge < -0.3 is 14.2 Å². The minimum atomic E-state index is -5.79. The van der Waals surface area contributed by atoms with Crippen molar-refractivity contribution in [2.75, 3.05) is 26.4 Å². The van der Waals surface area contributed by atoms with E-state index in [0.717, 1.165) is 33.4 Å². The number of rotatable bonds is 6. The third kappa shape index (κ3) is 5.84. The van der Waals surface area contributed by atoms with Crippen LogP contribution in [0.4, 0.5) is 26.3 Å². The second kappa shape index (κ2) is 6.95. The lowest BCUT2D eigenvalue weighted by Gasteiger charge is -2.21. The maximum Gasteiger partial charge on any atom is 0.456 e. The highest BCUT2D eigenvalue weighted by atomic mass is 19.4. The summed E-state index contributed by atoms with van der Waals surface area (Å²) in [6, 6.07) is 0. The molecule has 20 heavy (non-hydrogen) atoms. The number of alkyl halides is 6. The molecule has 2 fully saturated rings. The lowest BCUT2D eigenvalue weighted by atomic mass is 10.1. The monoisotopic (exact) mass is 310 g/mol. The molecule has 2 rings (SSSR count). The van der Waals surface area contributed by atoms with Gasteiger partial charge in [0.2, 0.25) is 0 Å². The normalized spacial score (nSPS) is 26.6. The van der Waals surface area contributed by atoms with Crippen molar-refractivity contribution in [2.45, 2.75) is 43.8 Å². The van der Waals surface area contributed by atoms with Crippen LogP contribution in [0.1, 0.15) is 13.3 Å². The summed E-state index contributed by atoms with van der Waals surface area (Å²) in [6.07, 6.45) is -9.01. The molecule has 9 heteroatoms. The molecule has 2 saturated heterocycles. The summed E-state index contributed by atoms with van der Waals surface area (Å²) in [4.78, 5) is 0. The molecule has 0 radical (unpaired) electrons. The van der Waals surface area contributed by atoms with Gasteiger partial charge in [-0.25, -0.2) is 4.39 Å². The maximum absolute atomic E-state index is 11.9. The second-order valence-corrected chi connectivity index (χ2v) is 4.44. The van der Waals surface area contributed by atoms with Crippen molar-refractivity contribution in [1.29, 1.82) is 0 Å². The van der Waals surface area contributed by atoms with Crippen LogP contribution >= 0.6 is 0 Å². The topological polar surface area (TPSA) is 34.3 Å². The Bertz CT molecular complexity index is 276. The van der Waals surface area contributed by atoms with Gasteiger partial charge in [-0.2, -0.15) is 22.0 Å². The Morgan fingerprint density at radius 2 is 1.45 bits per heavy atom. The summed E-state index contributed by atoms with van der Waals surface area (Å²) in [5, 5.41) is 0. The van der Waals surface area contributed by atoms with Crippen molar-refractivity contribution in [3.8, 4) is 0 Å². The Morgan fingerprint density at radius 1 is 1.05 bits per heavy atom. The molecule has 0 aliphatic carbocycles. The van der Waals surface area contributed by atoms with Crippen molar-refractivity contribution in [3.05, 3.63) is 0 Å². The first kappa shape index (κ1) is 17.5. The Labute approximate surface area is 112 Å². The molecule has 2 aliphatic heterocycles. The molecule has 0 spiro atoms. The fourth-order valence-electron chi connectivity index (χ4n) is 1.09. The molecular formula is C11H16F6O3. The summed E-state index contributed by atoms with van der Waals surface area (Å²) in [7, 11) is 0. The number of hydrogen-bond acceptors (Lipinski definition) is 3. The number of hydrogen-bond donors (Lipinski definition) is 0. The fourth-order valence-corrected chi connectivity index (χ4v) is 1.09. The highest BCUT2D eigenvalue weighted by Gasteiger charge is 2.62. The van der Waals surface area contributed by atoms with Gasteiger partial charge in [0, 0.05) is 0 Å². The van der Waals surface area contributed by atoms with Crippen molar-refractivity contribution < 1.29 is 40.6 Å². The predicted molar refractivity (Wildman–Crippen MR) is 56.5 cm³/mol. The Balaban J connectivity index is 0.000000202. The van der Waals surface area contributed by atoms with Crippen LogP contribution in [0, 0.1) is 0 Å². The molecule has 120 valence electrons. The average molecular weight is 310 g/mol. The number of epoxide rings is 2. The SMILES string of the molecule is C(OCC1CO1)C1CO1.CCC(F)C(F)(F)C(F)(F)F. The van der Waals surface area contributed by atoms with E-state index in [1.54, 1.807) is 0 Å². The van der Waals surface area contributed by atoms with E-state index < -0.39 is 24.7 Å². The van der Waals surface area contributed by atoms with Gasteiger partial charge >= 0.3 is 12.1 Å². The van der Waals surface area contributed by atoms with Crippen molar-refractivity contribution >= 4 is 0 Å². The summed E-state index contributed by atoms with van der Waals surface area (Å²) >= 11 is 0. The van der Waals surface area contributed by atoms with Crippen molar-refractivity contribution in [3.63, 3.8) is 0 Å². The fraction of sp³-hybridized carbons (Fsp3) is 1.00. The standard InChI is InChI=1S/C6H10O3.C5H6F6/c1(5-3-8-5)7-2-6-4-9-6;1-2-3(6)4(7,8)5(9,10)11/h5-6H,1-4H2;3H,2H2,1H3. The van der Waals surface area contributed by atoms with Gasteiger partial charge in [0.1, 0.15) is 12.2 Å². The predicted octanol–water partition coefficient (Wildman–Crippen LogP) is 2.73. The molecule has 0 N–H and O–H groups in total. The third-order valence-electron chi connectivity index (χ3n) is 2.54. The summed E-state index contributed by atoms with van der Waals surface area (Å²) < 4.78 is 84.5. The van der Waals surface area contributed by atoms with Crippen molar-refractivity contribution in [2.24, 2.45) is 0 Å². The first-order valence-corrected chi connectivity index (χ1v) is 6.08. The van der Waals surface area contributed by atoms with E-state index in [-0.39, 0.29) is 0 Å². The van der Waals surface area contributed by atoms with E-state index in [2.05, 4.69) is 0 Å². The van der Waals surface area contributed by atoms with E-state index in [4.69, 9.17) is 14.2 Å². The minimum absolute atomic E-state index is 0.392. The molecule has 2 heterocycles. The second-order valence-electron chi connectivity index (χ2n) is 4.44. The number of ether oxygens (including phenoxy) is 3. The maximum atomic E-state index is 11.9. The molecule has 0 amide bonds. The van der Waals surface area contributed by atoms with Crippen LogP contribution in [0.5, 0.6) is 0 Å². The summed E-state index contributed by atoms with van der Waals surface area (Å²) in [6.45, 7) is 4.18. The van der Waals surface area contributed by atoms with Crippen LogP contribution in [0.15, 0.2) is 0 Å². The number of halogens is 6. The van der Waals surface area contributed by atoms with Gasteiger partial charge in [-0.1, -0.05) is 6.92 Å². The molecule has 0 saturated carbocycles. The van der Waals surface area contributed by atoms with Crippen LogP contribution in [-0.4, -0.2) is 56.9 Å². The largest absolute Gasteiger partial charge is 0.456 e. The molecule has 2 aliphatic rings. The third-order valence-corrected chi connectivity index (χ3v) is 2.54. The highest BCUT2D eigenvalue weighted by Crippen LogP contribution is 2.40. The van der Waals surface area contributed by atoms with Crippen LogP contribution in [0.25, 0.3) is 0 Å². The zero-order chi connectivity index (χ0) is 15.4. The van der Waals surface area contributed by atoms with E-state index in [1.165, 1.54) is 0 Å². The molecular weight excluding hydrogens is 294 g/mol. The van der Waals surface area contributed by atoms with Crippen molar-refractivity contribution in [1.82, 2.24) is 0 Å². The zero-order valence-corrected chi connectivity index (χ0v) is 10.8. The Kier molecular flexibility index (Phi) is 6.08. The Hall–Kier alpha value is -0.540. The molecule has 0 aromatic carbocycles. The van der Waals surface area contributed by atoms with E-state index >= 15 is 0 Å². The van der Waals surface area contributed by atoms with Crippen LogP contribution in [0.3, 0.4) is 0 Å². The van der Waals surface area contributed by atoms with Gasteiger partial charge in [0.15, 0.2) is 6.17 Å². The summed E-state index contributed by atoms with van der Waals surface area (Å²) in [5.41, 5.74) is 0. The van der Waals surface area contributed by atoms with Crippen LogP contribution in [0.2, 0.25) is 0 Å². The summed E-state index contributed by atoms with van der Waals surface area (Å²) in [5.74, 6) is -5.22. The van der Waals surface area contributed by atoms with E-state index in [9.17, 15) is 26.3 Å². The molecule has 0 aromatic heterocycles. The quantitative estimate of drug-likeness (QED) is 0.559. The van der Waals surface area contributed by atoms with Gasteiger partial charge in [-0.15, -0.1) is 0 Å². The smallest absolute Gasteiger partial charge is 0.376 e. The van der Waals surface area contributed by atoms with E-state index in [1.807, 2.05) is 0 Å². The minimum Gasteiger partial charge on any atom is -0.376 e. The molecule has 0 bridgehead atoms. The molecule has 3 atom stereocenters. The van der Waals surface area contributed by atoms with Gasteiger partial charge in [0.25, 0.3) is 0 Å². The van der Waals surface area contributed by atoms with Crippen LogP contribution < -0.4 is 0 Å². The first-order valence-electron chi connectivity index (χ1n) is 6.08. The lowest BCUT2D eigenvalue weighted by Crippen LogP contribution is -2.44. The molecule has 3 nitrogen and oxygen atoms in total. The lowest BCUT2D eigenvalue weighted by molar-refractivity contribution is -0.303. The van der Waals surface area contributed by atoms with Gasteiger partial charge in [-0.3, -0.25) is 0 Å². The Morgan fingerprint density at radius 3 is 1.65 bits per heavy atom. The average Bonchev–Trinajstić information content (AvgIpc) is 3.21. The van der Waals surface area contributed by atoms with Gasteiger partial charge in [-0.05, 0) is 6.42 Å². The van der Waals surface area contributed by atoms with Crippen LogP contribution in [-0.2, 0) is 14.2 Å².